The largest absolute Gasteiger partial charge is 0.355 e. The van der Waals surface area contributed by atoms with Crippen molar-refractivity contribution in [1.29, 1.82) is 0 Å². The van der Waals surface area contributed by atoms with Crippen molar-refractivity contribution >= 4 is 11.8 Å². The van der Waals surface area contributed by atoms with Crippen molar-refractivity contribution < 1.29 is 9.59 Å². The molecule has 6 nitrogen and oxygen atoms in total. The van der Waals surface area contributed by atoms with Gasteiger partial charge in [-0.15, -0.1) is 0 Å². The van der Waals surface area contributed by atoms with Crippen molar-refractivity contribution in [3.05, 3.63) is 42.2 Å². The summed E-state index contributed by atoms with van der Waals surface area (Å²) in [7, 11) is 0. The first kappa shape index (κ1) is 13.8. The summed E-state index contributed by atoms with van der Waals surface area (Å²) >= 11 is 0. The Hall–Kier alpha value is -2.63. The van der Waals surface area contributed by atoms with Crippen LogP contribution in [-0.4, -0.2) is 35.1 Å². The molecule has 1 heterocycles. The van der Waals surface area contributed by atoms with Gasteiger partial charge in [0.05, 0.1) is 6.20 Å². The highest BCUT2D eigenvalue weighted by Crippen LogP contribution is 2.17. The van der Waals surface area contributed by atoms with Crippen LogP contribution < -0.4 is 10.6 Å². The summed E-state index contributed by atoms with van der Waals surface area (Å²) in [5, 5.41) is 12.0. The number of amides is 2. The van der Waals surface area contributed by atoms with Gasteiger partial charge in [0.15, 0.2) is 0 Å². The zero-order chi connectivity index (χ0) is 14.4. The van der Waals surface area contributed by atoms with Gasteiger partial charge in [0.2, 0.25) is 5.91 Å². The molecule has 6 heteroatoms. The van der Waals surface area contributed by atoms with Crippen LogP contribution in [0, 0.1) is 0 Å². The minimum Gasteiger partial charge on any atom is -0.355 e. The first-order valence-electron chi connectivity index (χ1n) is 6.28. The third-order valence-corrected chi connectivity index (χ3v) is 2.76. The molecule has 0 atom stereocenters. The monoisotopic (exact) mass is 272 g/mol. The molecular weight excluding hydrogens is 256 g/mol. The molecular formula is C14H16N4O2. The molecule has 2 amide bonds. The summed E-state index contributed by atoms with van der Waals surface area (Å²) in [5.74, 6) is -0.266. The fraction of sp³-hybridized carbons (Fsp3) is 0.214. The van der Waals surface area contributed by atoms with E-state index < -0.39 is 0 Å². The summed E-state index contributed by atoms with van der Waals surface area (Å²) in [6, 6.07) is 7.26. The smallest absolute Gasteiger partial charge is 0.251 e. The van der Waals surface area contributed by atoms with Crippen LogP contribution in [0.4, 0.5) is 0 Å². The molecule has 1 aromatic carbocycles. The summed E-state index contributed by atoms with van der Waals surface area (Å²) < 4.78 is 0. The number of rotatable bonds is 5. The molecule has 2 rings (SSSR count). The molecule has 20 heavy (non-hydrogen) atoms. The van der Waals surface area contributed by atoms with Gasteiger partial charge in [-0.25, -0.2) is 0 Å². The second-order valence-corrected chi connectivity index (χ2v) is 4.30. The molecule has 0 saturated carbocycles. The molecule has 0 fully saturated rings. The molecule has 0 saturated heterocycles. The molecule has 0 radical (unpaired) electrons. The van der Waals surface area contributed by atoms with Crippen molar-refractivity contribution in [1.82, 2.24) is 20.8 Å². The maximum absolute atomic E-state index is 11.8. The number of hydrogen-bond donors (Lipinski definition) is 3. The van der Waals surface area contributed by atoms with E-state index in [1.807, 2.05) is 12.1 Å². The van der Waals surface area contributed by atoms with Crippen molar-refractivity contribution in [3.63, 3.8) is 0 Å². The molecule has 0 spiro atoms. The van der Waals surface area contributed by atoms with Gasteiger partial charge in [0.1, 0.15) is 0 Å². The third-order valence-electron chi connectivity index (χ3n) is 2.76. The topological polar surface area (TPSA) is 86.9 Å². The Morgan fingerprint density at radius 1 is 1.10 bits per heavy atom. The van der Waals surface area contributed by atoms with Gasteiger partial charge < -0.3 is 10.6 Å². The van der Waals surface area contributed by atoms with Crippen LogP contribution in [0.5, 0.6) is 0 Å². The number of aromatic amines is 1. The van der Waals surface area contributed by atoms with E-state index >= 15 is 0 Å². The number of carbonyl (C=O) groups is 2. The predicted octanol–water partition coefficient (Wildman–Crippen LogP) is 0.943. The van der Waals surface area contributed by atoms with Crippen molar-refractivity contribution in [2.75, 3.05) is 13.1 Å². The molecule has 1 aromatic heterocycles. The molecule has 0 aliphatic rings. The van der Waals surface area contributed by atoms with E-state index in [-0.39, 0.29) is 11.8 Å². The van der Waals surface area contributed by atoms with Gasteiger partial charge in [-0.1, -0.05) is 12.1 Å². The van der Waals surface area contributed by atoms with E-state index in [4.69, 9.17) is 0 Å². The Bertz CT molecular complexity index is 576. The van der Waals surface area contributed by atoms with E-state index in [2.05, 4.69) is 20.8 Å². The average molecular weight is 272 g/mol. The zero-order valence-corrected chi connectivity index (χ0v) is 11.1. The van der Waals surface area contributed by atoms with Crippen LogP contribution in [0.2, 0.25) is 0 Å². The van der Waals surface area contributed by atoms with Crippen LogP contribution in [0.3, 0.4) is 0 Å². The first-order chi connectivity index (χ1) is 9.66. The number of nitrogens with one attached hydrogen (secondary N) is 3. The van der Waals surface area contributed by atoms with Crippen LogP contribution in [0.25, 0.3) is 11.1 Å². The molecule has 0 aliphatic carbocycles. The summed E-state index contributed by atoms with van der Waals surface area (Å²) in [6.07, 6.45) is 3.52. The first-order valence-corrected chi connectivity index (χ1v) is 6.28. The van der Waals surface area contributed by atoms with Gasteiger partial charge >= 0.3 is 0 Å². The number of H-pyrrole nitrogens is 1. The highest BCUT2D eigenvalue weighted by molar-refractivity contribution is 5.94. The molecule has 3 N–H and O–H groups in total. The van der Waals surface area contributed by atoms with Gasteiger partial charge in [-0.05, 0) is 17.7 Å². The van der Waals surface area contributed by atoms with Crippen molar-refractivity contribution in [2.45, 2.75) is 6.92 Å². The van der Waals surface area contributed by atoms with Crippen LogP contribution in [0.1, 0.15) is 17.3 Å². The number of benzene rings is 1. The molecule has 0 unspecified atom stereocenters. The molecule has 2 aromatic rings. The van der Waals surface area contributed by atoms with Crippen molar-refractivity contribution in [3.8, 4) is 11.1 Å². The van der Waals surface area contributed by atoms with E-state index in [0.717, 1.165) is 11.1 Å². The number of nitrogens with zero attached hydrogens (tertiary/aromatic N) is 1. The SMILES string of the molecule is CC(=O)NCCNC(=O)c1ccc(-c2cn[nH]c2)cc1. The van der Waals surface area contributed by atoms with E-state index in [1.54, 1.807) is 24.5 Å². The minimum atomic E-state index is -0.158. The highest BCUT2D eigenvalue weighted by atomic mass is 16.2. The summed E-state index contributed by atoms with van der Waals surface area (Å²) in [5.41, 5.74) is 2.55. The number of aromatic nitrogens is 2. The normalized spacial score (nSPS) is 10.1. The van der Waals surface area contributed by atoms with E-state index in [9.17, 15) is 9.59 Å². The maximum atomic E-state index is 11.8. The molecule has 0 aliphatic heterocycles. The number of hydrogen-bond acceptors (Lipinski definition) is 3. The van der Waals surface area contributed by atoms with Crippen molar-refractivity contribution in [2.24, 2.45) is 0 Å². The minimum absolute atomic E-state index is 0.108. The highest BCUT2D eigenvalue weighted by Gasteiger charge is 2.05. The van der Waals surface area contributed by atoms with Gasteiger partial charge in [0, 0.05) is 37.3 Å². The summed E-state index contributed by atoms with van der Waals surface area (Å²) in [6.45, 7) is 2.27. The summed E-state index contributed by atoms with van der Waals surface area (Å²) in [4.78, 5) is 22.5. The van der Waals surface area contributed by atoms with Crippen LogP contribution >= 0.6 is 0 Å². The Morgan fingerprint density at radius 2 is 1.80 bits per heavy atom. The zero-order valence-electron chi connectivity index (χ0n) is 11.1. The Balaban J connectivity index is 1.89. The second kappa shape index (κ2) is 6.51. The predicted molar refractivity (Wildman–Crippen MR) is 75.0 cm³/mol. The van der Waals surface area contributed by atoms with Gasteiger partial charge in [-0.3, -0.25) is 14.7 Å². The van der Waals surface area contributed by atoms with Gasteiger partial charge in [-0.2, -0.15) is 5.10 Å². The fourth-order valence-corrected chi connectivity index (χ4v) is 1.74. The number of carbonyl (C=O) groups excluding carboxylic acids is 2. The van der Waals surface area contributed by atoms with E-state index in [0.29, 0.717) is 18.7 Å². The van der Waals surface area contributed by atoms with Crippen LogP contribution in [-0.2, 0) is 4.79 Å². The Morgan fingerprint density at radius 3 is 2.40 bits per heavy atom. The quantitative estimate of drug-likeness (QED) is 0.708. The third kappa shape index (κ3) is 3.68. The lowest BCUT2D eigenvalue weighted by atomic mass is 10.1. The lowest BCUT2D eigenvalue weighted by Crippen LogP contribution is -2.33. The standard InChI is InChI=1S/C14H16N4O2/c1-10(19)15-6-7-16-14(20)12-4-2-11(3-5-12)13-8-17-18-9-13/h2-5,8-9H,6-7H2,1H3,(H,15,19)(H,16,20)(H,17,18). The molecule has 104 valence electrons. The van der Waals surface area contributed by atoms with Gasteiger partial charge in [0.25, 0.3) is 5.91 Å². The molecule has 0 bridgehead atoms. The van der Waals surface area contributed by atoms with E-state index in [1.165, 1.54) is 6.92 Å². The van der Waals surface area contributed by atoms with Crippen LogP contribution in [0.15, 0.2) is 36.7 Å². The lowest BCUT2D eigenvalue weighted by Gasteiger charge is -2.06. The second-order valence-electron chi connectivity index (χ2n) is 4.30. The Labute approximate surface area is 116 Å². The maximum Gasteiger partial charge on any atom is 0.251 e. The Kier molecular flexibility index (Phi) is 4.49. The lowest BCUT2D eigenvalue weighted by molar-refractivity contribution is -0.118. The average Bonchev–Trinajstić information content (AvgIpc) is 2.97. The fourth-order valence-electron chi connectivity index (χ4n) is 1.74.